The molecule has 3 rings (SSSR count). The first-order chi connectivity index (χ1) is 8.11. The maximum Gasteiger partial charge on any atom is 0.125 e. The van der Waals surface area contributed by atoms with Crippen LogP contribution in [-0.2, 0) is 12.8 Å². The van der Waals surface area contributed by atoms with Gasteiger partial charge in [0.15, 0.2) is 0 Å². The highest BCUT2D eigenvalue weighted by atomic mass is 79.9. The minimum atomic E-state index is 0.435. The summed E-state index contributed by atoms with van der Waals surface area (Å²) in [6, 6.07) is 4.13. The molecule has 1 aliphatic heterocycles. The molecule has 0 saturated heterocycles. The maximum absolute atomic E-state index is 6.19. The molecule has 0 spiro atoms. The molecule has 92 valence electrons. The summed E-state index contributed by atoms with van der Waals surface area (Å²) in [6.45, 7) is 3.05. The van der Waals surface area contributed by atoms with Crippen LogP contribution in [0.3, 0.4) is 0 Å². The third kappa shape index (κ3) is 2.10. The van der Waals surface area contributed by atoms with E-state index in [0.29, 0.717) is 10.2 Å². The van der Waals surface area contributed by atoms with Gasteiger partial charge in [-0.2, -0.15) is 0 Å². The molecule has 1 heterocycles. The Morgan fingerprint density at radius 1 is 1.47 bits per heavy atom. The highest BCUT2D eigenvalue weighted by molar-refractivity contribution is 9.09. The first-order valence-electron chi connectivity index (χ1n) is 6.19. The van der Waals surface area contributed by atoms with Gasteiger partial charge < -0.3 is 4.74 Å². The number of benzene rings is 1. The van der Waals surface area contributed by atoms with Gasteiger partial charge in [-0.3, -0.25) is 0 Å². The molecule has 0 aromatic heterocycles. The van der Waals surface area contributed by atoms with Gasteiger partial charge in [0.1, 0.15) is 5.75 Å². The molecule has 0 N–H and O–H groups in total. The SMILES string of the molecule is CC(Br)C1(Cc2cc(Cl)cc3c2OCC3)CC1. The molecule has 0 radical (unpaired) electrons. The first-order valence-corrected chi connectivity index (χ1v) is 7.48. The van der Waals surface area contributed by atoms with Crippen LogP contribution in [0.4, 0.5) is 0 Å². The Morgan fingerprint density at radius 2 is 2.24 bits per heavy atom. The molecule has 0 amide bonds. The number of ether oxygens (including phenoxy) is 1. The second-order valence-corrected chi connectivity index (χ2v) is 7.12. The van der Waals surface area contributed by atoms with Crippen LogP contribution in [0, 0.1) is 5.41 Å². The Hall–Kier alpha value is -0.210. The summed E-state index contributed by atoms with van der Waals surface area (Å²) in [6.07, 6.45) is 4.70. The minimum Gasteiger partial charge on any atom is -0.493 e. The van der Waals surface area contributed by atoms with Gasteiger partial charge >= 0.3 is 0 Å². The molecule has 1 unspecified atom stereocenters. The zero-order valence-electron chi connectivity index (χ0n) is 9.93. The Balaban J connectivity index is 1.93. The van der Waals surface area contributed by atoms with E-state index in [9.17, 15) is 0 Å². The highest BCUT2D eigenvalue weighted by Crippen LogP contribution is 2.55. The number of hydrogen-bond acceptors (Lipinski definition) is 1. The first kappa shape index (κ1) is 11.9. The van der Waals surface area contributed by atoms with Crippen molar-refractivity contribution >= 4 is 27.5 Å². The molecule has 2 aliphatic rings. The van der Waals surface area contributed by atoms with Crippen LogP contribution in [0.2, 0.25) is 5.02 Å². The third-order valence-corrected chi connectivity index (χ3v) is 5.29. The number of fused-ring (bicyclic) bond motifs is 1. The molecule has 1 nitrogen and oxygen atoms in total. The van der Waals surface area contributed by atoms with Crippen molar-refractivity contribution in [1.29, 1.82) is 0 Å². The smallest absolute Gasteiger partial charge is 0.125 e. The quantitative estimate of drug-likeness (QED) is 0.752. The van der Waals surface area contributed by atoms with Crippen molar-refractivity contribution < 1.29 is 4.74 Å². The Bertz CT molecular complexity index is 452. The van der Waals surface area contributed by atoms with Crippen molar-refractivity contribution in [3.05, 3.63) is 28.3 Å². The largest absolute Gasteiger partial charge is 0.493 e. The van der Waals surface area contributed by atoms with Crippen molar-refractivity contribution in [2.45, 2.75) is 37.4 Å². The summed E-state index contributed by atoms with van der Waals surface area (Å²) < 4.78 is 5.76. The van der Waals surface area contributed by atoms with E-state index in [1.54, 1.807) is 0 Å². The molecule has 1 aromatic rings. The standard InChI is InChI=1S/C14H16BrClO/c1-9(15)14(3-4-14)8-11-7-12(16)6-10-2-5-17-13(10)11/h6-7,9H,2-5,8H2,1H3. The molecular weight excluding hydrogens is 300 g/mol. The van der Waals surface area contributed by atoms with Crippen molar-refractivity contribution in [3.8, 4) is 5.75 Å². The fourth-order valence-electron chi connectivity index (χ4n) is 2.73. The monoisotopic (exact) mass is 314 g/mol. The van der Waals surface area contributed by atoms with Gasteiger partial charge in [0.25, 0.3) is 0 Å². The lowest BCUT2D eigenvalue weighted by molar-refractivity contribution is 0.350. The Labute approximate surface area is 116 Å². The van der Waals surface area contributed by atoms with Gasteiger partial charge in [-0.25, -0.2) is 0 Å². The van der Waals surface area contributed by atoms with Gasteiger partial charge in [0, 0.05) is 16.3 Å². The lowest BCUT2D eigenvalue weighted by atomic mass is 9.92. The van der Waals surface area contributed by atoms with Crippen LogP contribution in [0.5, 0.6) is 5.75 Å². The van der Waals surface area contributed by atoms with Crippen molar-refractivity contribution in [2.24, 2.45) is 5.41 Å². The molecule has 0 bridgehead atoms. The van der Waals surface area contributed by atoms with Crippen molar-refractivity contribution in [2.75, 3.05) is 6.61 Å². The van der Waals surface area contributed by atoms with E-state index in [2.05, 4.69) is 28.9 Å². The summed E-state index contributed by atoms with van der Waals surface area (Å²) in [5.41, 5.74) is 3.02. The Morgan fingerprint density at radius 3 is 2.88 bits per heavy atom. The third-order valence-electron chi connectivity index (χ3n) is 4.10. The highest BCUT2D eigenvalue weighted by Gasteiger charge is 2.46. The average molecular weight is 316 g/mol. The molecule has 1 saturated carbocycles. The van der Waals surface area contributed by atoms with E-state index in [1.165, 1.54) is 24.0 Å². The topological polar surface area (TPSA) is 9.23 Å². The zero-order valence-corrected chi connectivity index (χ0v) is 12.3. The van der Waals surface area contributed by atoms with Crippen LogP contribution in [0.1, 0.15) is 30.9 Å². The molecule has 1 aliphatic carbocycles. The lowest BCUT2D eigenvalue weighted by Gasteiger charge is -2.19. The van der Waals surface area contributed by atoms with Gasteiger partial charge in [-0.05, 0) is 47.9 Å². The van der Waals surface area contributed by atoms with Crippen LogP contribution in [0.25, 0.3) is 0 Å². The normalized spacial score (nSPS) is 21.8. The van der Waals surface area contributed by atoms with E-state index in [4.69, 9.17) is 16.3 Å². The summed E-state index contributed by atoms with van der Waals surface area (Å²) in [4.78, 5) is 0.561. The van der Waals surface area contributed by atoms with Gasteiger partial charge in [0.2, 0.25) is 0 Å². The summed E-state index contributed by atoms with van der Waals surface area (Å²) >= 11 is 9.93. The maximum atomic E-state index is 6.19. The van der Waals surface area contributed by atoms with Gasteiger partial charge in [-0.1, -0.05) is 34.5 Å². The van der Waals surface area contributed by atoms with Crippen LogP contribution in [-0.4, -0.2) is 11.4 Å². The van der Waals surface area contributed by atoms with Crippen LogP contribution >= 0.6 is 27.5 Å². The number of hydrogen-bond donors (Lipinski definition) is 0. The molecule has 1 fully saturated rings. The fourth-order valence-corrected chi connectivity index (χ4v) is 3.62. The van der Waals surface area contributed by atoms with E-state index >= 15 is 0 Å². The van der Waals surface area contributed by atoms with Crippen LogP contribution < -0.4 is 4.74 Å². The second-order valence-electron chi connectivity index (χ2n) is 5.31. The van der Waals surface area contributed by atoms with Crippen LogP contribution in [0.15, 0.2) is 12.1 Å². The number of alkyl halides is 1. The zero-order chi connectivity index (χ0) is 12.0. The predicted molar refractivity (Wildman–Crippen MR) is 74.4 cm³/mol. The number of halogens is 2. The fraction of sp³-hybridized carbons (Fsp3) is 0.571. The van der Waals surface area contributed by atoms with Gasteiger partial charge in [-0.15, -0.1) is 0 Å². The average Bonchev–Trinajstić information content (AvgIpc) is 2.88. The summed E-state index contributed by atoms with van der Waals surface area (Å²) in [5, 5.41) is 0.849. The molecular formula is C14H16BrClO. The second kappa shape index (κ2) is 4.17. The summed E-state index contributed by atoms with van der Waals surface area (Å²) in [5.74, 6) is 1.11. The number of rotatable bonds is 3. The predicted octanol–water partition coefficient (Wildman–Crippen LogP) is 4.38. The van der Waals surface area contributed by atoms with E-state index in [0.717, 1.165) is 30.2 Å². The molecule has 3 heteroatoms. The van der Waals surface area contributed by atoms with E-state index in [1.807, 2.05) is 6.07 Å². The van der Waals surface area contributed by atoms with Crippen molar-refractivity contribution in [3.63, 3.8) is 0 Å². The molecule has 1 atom stereocenters. The molecule has 1 aromatic carbocycles. The lowest BCUT2D eigenvalue weighted by Crippen LogP contribution is -2.15. The minimum absolute atomic E-state index is 0.435. The van der Waals surface area contributed by atoms with Gasteiger partial charge in [0.05, 0.1) is 6.61 Å². The van der Waals surface area contributed by atoms with E-state index < -0.39 is 0 Å². The molecule has 17 heavy (non-hydrogen) atoms. The summed E-state index contributed by atoms with van der Waals surface area (Å²) in [7, 11) is 0. The van der Waals surface area contributed by atoms with E-state index in [-0.39, 0.29) is 0 Å². The van der Waals surface area contributed by atoms with Crippen molar-refractivity contribution in [1.82, 2.24) is 0 Å². The Kier molecular flexibility index (Phi) is 2.91.